The lowest BCUT2D eigenvalue weighted by Crippen LogP contribution is -2.12. The van der Waals surface area contributed by atoms with Crippen molar-refractivity contribution in [3.05, 3.63) is 255 Å². The Morgan fingerprint density at radius 3 is 1.56 bits per heavy atom. The molecule has 0 amide bonds. The Labute approximate surface area is 373 Å². The first kappa shape index (κ1) is 37.3. The molecule has 0 N–H and O–H groups in total. The van der Waals surface area contributed by atoms with Crippen LogP contribution in [0.15, 0.2) is 255 Å². The highest BCUT2D eigenvalue weighted by atomic mass is 15.1. The maximum atomic E-state index is 2.47. The van der Waals surface area contributed by atoms with Crippen LogP contribution in [0.4, 0.5) is 17.1 Å². The Balaban J connectivity index is 1.07. The number of benzene rings is 11. The van der Waals surface area contributed by atoms with E-state index in [1.807, 2.05) is 0 Å². The lowest BCUT2D eigenvalue weighted by Gasteiger charge is -2.29. The van der Waals surface area contributed by atoms with Crippen molar-refractivity contribution in [2.45, 2.75) is 0 Å². The van der Waals surface area contributed by atoms with Gasteiger partial charge in [-0.25, -0.2) is 0 Å². The first-order chi connectivity index (χ1) is 31.7. The van der Waals surface area contributed by atoms with Crippen molar-refractivity contribution in [1.29, 1.82) is 0 Å². The van der Waals surface area contributed by atoms with Crippen molar-refractivity contribution in [2.75, 3.05) is 4.90 Å². The van der Waals surface area contributed by atoms with Gasteiger partial charge in [-0.3, -0.25) is 0 Å². The molecule has 0 aliphatic carbocycles. The highest BCUT2D eigenvalue weighted by molar-refractivity contribution is 6.14. The number of fused-ring (bicyclic) bond motifs is 5. The third-order valence-electron chi connectivity index (χ3n) is 12.8. The summed E-state index contributed by atoms with van der Waals surface area (Å²) in [6.45, 7) is 0. The monoisotopic (exact) mass is 814 g/mol. The number of nitrogens with zero attached hydrogens (tertiary/aromatic N) is 2. The van der Waals surface area contributed by atoms with Gasteiger partial charge in [0, 0.05) is 33.3 Å². The Bertz CT molecular complexity index is 3640. The molecule has 2 heteroatoms. The van der Waals surface area contributed by atoms with Crippen LogP contribution in [0.25, 0.3) is 93.5 Å². The smallest absolute Gasteiger partial charge is 0.0547 e. The molecular weight excluding hydrogens is 773 g/mol. The summed E-state index contributed by atoms with van der Waals surface area (Å²) in [5.41, 5.74) is 16.2. The highest BCUT2D eigenvalue weighted by Crippen LogP contribution is 2.45. The van der Waals surface area contributed by atoms with Crippen molar-refractivity contribution < 1.29 is 0 Å². The molecule has 2 nitrogen and oxygen atoms in total. The fourth-order valence-corrected chi connectivity index (χ4v) is 9.70. The summed E-state index contributed by atoms with van der Waals surface area (Å²) in [5, 5.41) is 7.45. The van der Waals surface area contributed by atoms with Gasteiger partial charge >= 0.3 is 0 Å². The van der Waals surface area contributed by atoms with Gasteiger partial charge in [-0.15, -0.1) is 0 Å². The van der Waals surface area contributed by atoms with E-state index in [-0.39, 0.29) is 0 Å². The van der Waals surface area contributed by atoms with Crippen LogP contribution in [-0.2, 0) is 0 Å². The number of rotatable bonds is 8. The van der Waals surface area contributed by atoms with Gasteiger partial charge in [0.25, 0.3) is 0 Å². The van der Waals surface area contributed by atoms with E-state index in [9.17, 15) is 0 Å². The molecule has 0 atom stereocenters. The van der Waals surface area contributed by atoms with E-state index < -0.39 is 0 Å². The number of anilines is 3. The molecule has 0 unspecified atom stereocenters. The molecule has 0 fully saturated rings. The molecule has 0 aliphatic rings. The van der Waals surface area contributed by atoms with Gasteiger partial charge in [-0.05, 0) is 110 Å². The number of hydrogen-bond donors (Lipinski definition) is 0. The molecule has 0 aliphatic heterocycles. The summed E-state index contributed by atoms with van der Waals surface area (Å²) in [4.78, 5) is 2.43. The zero-order valence-electron chi connectivity index (χ0n) is 35.1. The quantitative estimate of drug-likeness (QED) is 0.148. The number of aromatic nitrogens is 1. The van der Waals surface area contributed by atoms with Crippen LogP contribution in [0.2, 0.25) is 0 Å². The SMILES string of the molecule is c1ccc(-c2ccc(-c3ccccc3N(c3ccc(-c4cccc5ccccc45)cc3)c3ccc(-n4c5ccccc5c5cc6ccccc6cc54)c(-c4ccccc4)c3)cc2)cc1. The second-order valence-electron chi connectivity index (χ2n) is 16.5. The summed E-state index contributed by atoms with van der Waals surface area (Å²) in [6, 6.07) is 92.8. The van der Waals surface area contributed by atoms with E-state index >= 15 is 0 Å². The first-order valence-corrected chi connectivity index (χ1v) is 22.0. The second-order valence-corrected chi connectivity index (χ2v) is 16.5. The Kier molecular flexibility index (Phi) is 9.20. The van der Waals surface area contributed by atoms with Gasteiger partial charge in [0.1, 0.15) is 0 Å². The average molecular weight is 815 g/mol. The largest absolute Gasteiger partial charge is 0.310 e. The molecule has 0 bridgehead atoms. The van der Waals surface area contributed by atoms with E-state index in [1.54, 1.807) is 0 Å². The average Bonchev–Trinajstić information content (AvgIpc) is 3.69. The fraction of sp³-hybridized carbons (Fsp3) is 0. The molecule has 300 valence electrons. The number of hydrogen-bond acceptors (Lipinski definition) is 1. The molecule has 1 heterocycles. The van der Waals surface area contributed by atoms with E-state index in [1.165, 1.54) is 65.6 Å². The Morgan fingerprint density at radius 1 is 0.266 bits per heavy atom. The van der Waals surface area contributed by atoms with Gasteiger partial charge in [-0.1, -0.05) is 200 Å². The van der Waals surface area contributed by atoms with E-state index in [2.05, 4.69) is 264 Å². The number of para-hydroxylation sites is 2. The molecule has 0 spiro atoms. The normalized spacial score (nSPS) is 11.4. The van der Waals surface area contributed by atoms with Crippen LogP contribution in [0, 0.1) is 0 Å². The van der Waals surface area contributed by atoms with E-state index in [4.69, 9.17) is 0 Å². The van der Waals surface area contributed by atoms with Crippen molar-refractivity contribution in [2.24, 2.45) is 0 Å². The summed E-state index contributed by atoms with van der Waals surface area (Å²) in [7, 11) is 0. The lowest BCUT2D eigenvalue weighted by atomic mass is 9.96. The fourth-order valence-electron chi connectivity index (χ4n) is 9.70. The molecule has 1 aromatic heterocycles. The third kappa shape index (κ3) is 6.52. The molecule has 11 aromatic carbocycles. The Hall–Kier alpha value is -8.46. The maximum Gasteiger partial charge on any atom is 0.0547 e. The van der Waals surface area contributed by atoms with Gasteiger partial charge in [0.2, 0.25) is 0 Å². The Morgan fingerprint density at radius 2 is 0.781 bits per heavy atom. The minimum Gasteiger partial charge on any atom is -0.310 e. The minimum atomic E-state index is 1.07. The standard InChI is InChI=1S/C62H42N2/c1-3-16-43(17-4-1)44-30-32-48(33-31-44)55-25-11-13-28-59(55)63(51-36-34-47(35-37-51)54-27-15-23-45-20-9-10-24-53(45)54)52-38-39-61(57(42-52)46-18-5-2-6-19-46)64-60-29-14-12-26-56(60)58-40-49-21-7-8-22-50(49)41-62(58)64/h1-42H. The van der Waals surface area contributed by atoms with Crippen LogP contribution in [0.1, 0.15) is 0 Å². The topological polar surface area (TPSA) is 8.17 Å². The second kappa shape index (κ2) is 15.8. The lowest BCUT2D eigenvalue weighted by molar-refractivity contribution is 1.18. The summed E-state index contributed by atoms with van der Waals surface area (Å²) in [5.74, 6) is 0. The van der Waals surface area contributed by atoms with Gasteiger partial charge < -0.3 is 9.47 Å². The zero-order chi connectivity index (χ0) is 42.4. The first-order valence-electron chi connectivity index (χ1n) is 22.0. The molecule has 64 heavy (non-hydrogen) atoms. The van der Waals surface area contributed by atoms with Crippen LogP contribution in [0.5, 0.6) is 0 Å². The van der Waals surface area contributed by atoms with Crippen molar-refractivity contribution in [3.8, 4) is 50.2 Å². The predicted octanol–water partition coefficient (Wildman–Crippen LogP) is 17.2. The van der Waals surface area contributed by atoms with Crippen molar-refractivity contribution in [1.82, 2.24) is 4.57 Å². The summed E-state index contributed by atoms with van der Waals surface area (Å²) < 4.78 is 2.47. The molecule has 12 rings (SSSR count). The van der Waals surface area contributed by atoms with Gasteiger partial charge in [-0.2, -0.15) is 0 Å². The van der Waals surface area contributed by atoms with Gasteiger partial charge in [0.05, 0.1) is 22.4 Å². The molecular formula is C62H42N2. The zero-order valence-corrected chi connectivity index (χ0v) is 35.1. The van der Waals surface area contributed by atoms with Gasteiger partial charge in [0.15, 0.2) is 0 Å². The predicted molar refractivity (Wildman–Crippen MR) is 272 cm³/mol. The highest BCUT2D eigenvalue weighted by Gasteiger charge is 2.22. The van der Waals surface area contributed by atoms with Crippen molar-refractivity contribution in [3.63, 3.8) is 0 Å². The van der Waals surface area contributed by atoms with Crippen molar-refractivity contribution >= 4 is 60.4 Å². The molecule has 0 saturated carbocycles. The molecule has 0 saturated heterocycles. The summed E-state index contributed by atoms with van der Waals surface area (Å²) >= 11 is 0. The minimum absolute atomic E-state index is 1.07. The van der Waals surface area contributed by atoms with E-state index in [0.29, 0.717) is 0 Å². The van der Waals surface area contributed by atoms with E-state index in [0.717, 1.165) is 45.0 Å². The summed E-state index contributed by atoms with van der Waals surface area (Å²) in [6.07, 6.45) is 0. The van der Waals surface area contributed by atoms with Crippen LogP contribution in [0.3, 0.4) is 0 Å². The molecule has 0 radical (unpaired) electrons. The van der Waals surface area contributed by atoms with Crippen LogP contribution >= 0.6 is 0 Å². The third-order valence-corrected chi connectivity index (χ3v) is 12.8. The maximum absolute atomic E-state index is 2.47. The van der Waals surface area contributed by atoms with Crippen LogP contribution < -0.4 is 4.90 Å². The van der Waals surface area contributed by atoms with Crippen LogP contribution in [-0.4, -0.2) is 4.57 Å². The molecule has 12 aromatic rings.